The molecule has 0 saturated heterocycles. The summed E-state index contributed by atoms with van der Waals surface area (Å²) < 4.78 is 5.99. The quantitative estimate of drug-likeness (QED) is 0.492. The van der Waals surface area contributed by atoms with Crippen LogP contribution in [0.25, 0.3) is 0 Å². The number of methoxy groups -OCH3 is 1. The number of carbonyl (C=O) groups is 1. The van der Waals surface area contributed by atoms with Crippen molar-refractivity contribution >= 4 is 74.7 Å². The molecule has 0 fully saturated rings. The lowest BCUT2D eigenvalue weighted by molar-refractivity contribution is 0.0977. The van der Waals surface area contributed by atoms with E-state index in [-0.39, 0.29) is 11.0 Å². The van der Waals surface area contributed by atoms with Gasteiger partial charge in [0.1, 0.15) is 5.75 Å². The average Bonchev–Trinajstić information content (AvgIpc) is 2.50. The Hall–Kier alpha value is -1.09. The van der Waals surface area contributed by atoms with Gasteiger partial charge in [0.15, 0.2) is 5.11 Å². The van der Waals surface area contributed by atoms with Gasteiger partial charge in [-0.1, -0.05) is 23.2 Å². The molecule has 0 saturated carbocycles. The van der Waals surface area contributed by atoms with E-state index in [0.29, 0.717) is 27.0 Å². The monoisotopic (exact) mass is 480 g/mol. The number of halogens is 3. The molecule has 0 spiro atoms. The Morgan fingerprint density at radius 1 is 1.17 bits per heavy atom. The van der Waals surface area contributed by atoms with Gasteiger partial charge in [-0.25, -0.2) is 0 Å². The van der Waals surface area contributed by atoms with Crippen molar-refractivity contribution in [2.45, 2.75) is 0 Å². The van der Waals surface area contributed by atoms with Crippen LogP contribution >= 0.6 is 58.0 Å². The van der Waals surface area contributed by atoms with Crippen molar-refractivity contribution in [2.24, 2.45) is 0 Å². The number of nitrogens with one attached hydrogen (secondary N) is 2. The molecule has 0 bridgehead atoms. The normalized spacial score (nSPS) is 10.1. The summed E-state index contributed by atoms with van der Waals surface area (Å²) in [6, 6.07) is 10.1. The van der Waals surface area contributed by atoms with Crippen molar-refractivity contribution in [3.63, 3.8) is 0 Å². The molecule has 2 aromatic carbocycles. The Balaban J connectivity index is 2.03. The van der Waals surface area contributed by atoms with Gasteiger partial charge in [0.25, 0.3) is 5.91 Å². The highest BCUT2D eigenvalue weighted by molar-refractivity contribution is 14.1. The van der Waals surface area contributed by atoms with E-state index in [1.54, 1.807) is 43.5 Å². The molecule has 0 heterocycles. The van der Waals surface area contributed by atoms with E-state index in [4.69, 9.17) is 40.2 Å². The van der Waals surface area contributed by atoms with E-state index in [1.165, 1.54) is 0 Å². The molecule has 0 aromatic heterocycles. The second kappa shape index (κ2) is 8.14. The summed E-state index contributed by atoms with van der Waals surface area (Å²) >= 11 is 19.0. The SMILES string of the molecule is COc1ccc(C(=O)NC(=S)Nc2ccc(Cl)c(Cl)c2)cc1I. The molecule has 2 N–H and O–H groups in total. The second-order valence-electron chi connectivity index (χ2n) is 4.39. The fourth-order valence-electron chi connectivity index (χ4n) is 1.72. The molecule has 1 amide bonds. The number of thiocarbonyl (C=S) groups is 1. The lowest BCUT2D eigenvalue weighted by Crippen LogP contribution is -2.34. The van der Waals surface area contributed by atoms with Crippen LogP contribution in [0.3, 0.4) is 0 Å². The molecule has 0 aliphatic carbocycles. The summed E-state index contributed by atoms with van der Waals surface area (Å²) in [5, 5.41) is 6.49. The minimum absolute atomic E-state index is 0.166. The van der Waals surface area contributed by atoms with Crippen LogP contribution in [-0.2, 0) is 0 Å². The van der Waals surface area contributed by atoms with Crippen LogP contribution in [0.5, 0.6) is 5.75 Å². The fourth-order valence-corrected chi connectivity index (χ4v) is 2.96. The molecule has 8 heteroatoms. The van der Waals surface area contributed by atoms with Gasteiger partial charge in [0, 0.05) is 11.3 Å². The number of anilines is 1. The van der Waals surface area contributed by atoms with Crippen molar-refractivity contribution in [1.29, 1.82) is 0 Å². The largest absolute Gasteiger partial charge is 0.496 e. The van der Waals surface area contributed by atoms with Crippen LogP contribution in [0.2, 0.25) is 10.0 Å². The van der Waals surface area contributed by atoms with Crippen molar-refractivity contribution in [3.05, 3.63) is 55.6 Å². The zero-order valence-corrected chi connectivity index (χ0v) is 16.3. The second-order valence-corrected chi connectivity index (χ2v) is 6.77. The standard InChI is InChI=1S/C15H11Cl2IN2O2S/c1-22-13-5-2-8(6-12(13)18)14(21)20-15(23)19-9-3-4-10(16)11(17)7-9/h2-7H,1H3,(H2,19,20,21,23). The maximum atomic E-state index is 12.2. The molecule has 0 atom stereocenters. The van der Waals surface area contributed by atoms with Crippen LogP contribution < -0.4 is 15.4 Å². The Bertz CT molecular complexity index is 771. The van der Waals surface area contributed by atoms with E-state index < -0.39 is 0 Å². The first-order valence-corrected chi connectivity index (χ1v) is 8.56. The van der Waals surface area contributed by atoms with Crippen LogP contribution in [0, 0.1) is 3.57 Å². The summed E-state index contributed by atoms with van der Waals surface area (Å²) in [6.07, 6.45) is 0. The van der Waals surface area contributed by atoms with E-state index in [0.717, 1.165) is 3.57 Å². The number of ether oxygens (including phenoxy) is 1. The van der Waals surface area contributed by atoms with Crippen molar-refractivity contribution < 1.29 is 9.53 Å². The molecule has 2 rings (SSSR count). The zero-order chi connectivity index (χ0) is 17.0. The molecule has 0 aliphatic rings. The molecule has 2 aromatic rings. The lowest BCUT2D eigenvalue weighted by atomic mass is 10.2. The topological polar surface area (TPSA) is 50.4 Å². The first kappa shape index (κ1) is 18.3. The maximum absolute atomic E-state index is 12.2. The van der Waals surface area contributed by atoms with E-state index in [2.05, 4.69) is 33.2 Å². The Kier molecular flexibility index (Phi) is 6.46. The average molecular weight is 481 g/mol. The van der Waals surface area contributed by atoms with Crippen LogP contribution in [0.4, 0.5) is 5.69 Å². The number of hydrogen-bond donors (Lipinski definition) is 2. The molecule has 0 aliphatic heterocycles. The number of carbonyl (C=O) groups excluding carboxylic acids is 1. The van der Waals surface area contributed by atoms with Crippen LogP contribution in [0.1, 0.15) is 10.4 Å². The molecular weight excluding hydrogens is 470 g/mol. The van der Waals surface area contributed by atoms with Gasteiger partial charge in [-0.3, -0.25) is 10.1 Å². The highest BCUT2D eigenvalue weighted by atomic mass is 127. The van der Waals surface area contributed by atoms with Crippen molar-refractivity contribution in [1.82, 2.24) is 5.32 Å². The van der Waals surface area contributed by atoms with E-state index >= 15 is 0 Å². The van der Waals surface area contributed by atoms with Crippen LogP contribution in [-0.4, -0.2) is 18.1 Å². The minimum atomic E-state index is -0.317. The predicted molar refractivity (Wildman–Crippen MR) is 106 cm³/mol. The number of rotatable bonds is 3. The van der Waals surface area contributed by atoms with Crippen molar-refractivity contribution in [2.75, 3.05) is 12.4 Å². The van der Waals surface area contributed by atoms with Crippen molar-refractivity contribution in [3.8, 4) is 5.75 Å². The Morgan fingerprint density at radius 3 is 2.52 bits per heavy atom. The summed E-state index contributed by atoms with van der Waals surface area (Å²) in [5.41, 5.74) is 1.11. The van der Waals surface area contributed by atoms with E-state index in [1.807, 2.05) is 0 Å². The van der Waals surface area contributed by atoms with Gasteiger partial charge in [0.2, 0.25) is 0 Å². The molecule has 0 unspecified atom stereocenters. The third-order valence-corrected chi connectivity index (χ3v) is 4.60. The van der Waals surface area contributed by atoms with Gasteiger partial charge < -0.3 is 10.1 Å². The lowest BCUT2D eigenvalue weighted by Gasteiger charge is -2.11. The number of hydrogen-bond acceptors (Lipinski definition) is 3. The van der Waals surface area contributed by atoms with Gasteiger partial charge in [-0.15, -0.1) is 0 Å². The minimum Gasteiger partial charge on any atom is -0.496 e. The van der Waals surface area contributed by atoms with Gasteiger partial charge in [0.05, 0.1) is 20.7 Å². The smallest absolute Gasteiger partial charge is 0.257 e. The van der Waals surface area contributed by atoms with Gasteiger partial charge in [-0.05, 0) is 71.2 Å². The fraction of sp³-hybridized carbons (Fsp3) is 0.0667. The Labute approximate surface area is 162 Å². The third-order valence-electron chi connectivity index (χ3n) is 2.82. The summed E-state index contributed by atoms with van der Waals surface area (Å²) in [6.45, 7) is 0. The Morgan fingerprint density at radius 2 is 1.91 bits per heavy atom. The van der Waals surface area contributed by atoms with Crippen LogP contribution in [0.15, 0.2) is 36.4 Å². The predicted octanol–water partition coefficient (Wildman–Crippen LogP) is 4.73. The maximum Gasteiger partial charge on any atom is 0.257 e. The number of amides is 1. The first-order chi connectivity index (χ1) is 10.9. The number of benzene rings is 2. The summed E-state index contributed by atoms with van der Waals surface area (Å²) in [7, 11) is 1.58. The zero-order valence-electron chi connectivity index (χ0n) is 11.8. The molecule has 23 heavy (non-hydrogen) atoms. The van der Waals surface area contributed by atoms with Gasteiger partial charge in [-0.2, -0.15) is 0 Å². The van der Waals surface area contributed by atoms with Gasteiger partial charge >= 0.3 is 0 Å². The summed E-state index contributed by atoms with van der Waals surface area (Å²) in [5.74, 6) is 0.391. The summed E-state index contributed by atoms with van der Waals surface area (Å²) in [4.78, 5) is 12.2. The highest BCUT2D eigenvalue weighted by Gasteiger charge is 2.11. The first-order valence-electron chi connectivity index (χ1n) is 6.31. The molecule has 120 valence electrons. The van der Waals surface area contributed by atoms with E-state index in [9.17, 15) is 4.79 Å². The molecular formula is C15H11Cl2IN2O2S. The highest BCUT2D eigenvalue weighted by Crippen LogP contribution is 2.25. The third kappa shape index (κ3) is 4.94. The molecule has 4 nitrogen and oxygen atoms in total. The molecule has 0 radical (unpaired) electrons.